The third-order valence-corrected chi connectivity index (χ3v) is 3.14. The van der Waals surface area contributed by atoms with Crippen molar-refractivity contribution in [3.63, 3.8) is 0 Å². The zero-order valence-corrected chi connectivity index (χ0v) is 12.6. The standard InChI is InChI=1S/C13H30N6O2/c14-7-3-1-5-10(16)12(20)18-9-19-13(21)11(17)6-2-4-8-15/h10-11H,1-9,14-17H2,(H,18,20)(H,19,21). The Bertz CT molecular complexity index is 272. The summed E-state index contributed by atoms with van der Waals surface area (Å²) in [5, 5.41) is 5.12. The van der Waals surface area contributed by atoms with Gasteiger partial charge in [0, 0.05) is 0 Å². The topological polar surface area (TPSA) is 162 Å². The van der Waals surface area contributed by atoms with Crippen LogP contribution in [0.25, 0.3) is 0 Å². The molecule has 0 aliphatic carbocycles. The number of carbonyl (C=O) groups is 2. The van der Waals surface area contributed by atoms with Gasteiger partial charge < -0.3 is 33.6 Å². The van der Waals surface area contributed by atoms with Crippen LogP contribution in [-0.4, -0.2) is 43.7 Å². The average Bonchev–Trinajstić information content (AvgIpc) is 2.47. The molecule has 8 nitrogen and oxygen atoms in total. The van der Waals surface area contributed by atoms with Crippen molar-refractivity contribution in [2.24, 2.45) is 22.9 Å². The first-order chi connectivity index (χ1) is 10.0. The van der Waals surface area contributed by atoms with E-state index in [2.05, 4.69) is 10.6 Å². The Balaban J connectivity index is 3.75. The fraction of sp³-hybridized carbons (Fsp3) is 0.846. The monoisotopic (exact) mass is 302 g/mol. The minimum atomic E-state index is -0.577. The van der Waals surface area contributed by atoms with Crippen LogP contribution in [0.5, 0.6) is 0 Å². The number of hydrogen-bond acceptors (Lipinski definition) is 6. The first-order valence-electron chi connectivity index (χ1n) is 7.49. The van der Waals surface area contributed by atoms with E-state index in [1.165, 1.54) is 0 Å². The minimum Gasteiger partial charge on any atom is -0.337 e. The van der Waals surface area contributed by atoms with Crippen LogP contribution < -0.4 is 33.6 Å². The number of unbranched alkanes of at least 4 members (excludes halogenated alkanes) is 2. The molecule has 21 heavy (non-hydrogen) atoms. The fourth-order valence-corrected chi connectivity index (χ4v) is 1.76. The molecule has 0 fully saturated rings. The normalized spacial score (nSPS) is 13.5. The third-order valence-electron chi connectivity index (χ3n) is 3.14. The van der Waals surface area contributed by atoms with E-state index in [-0.39, 0.29) is 18.5 Å². The lowest BCUT2D eigenvalue weighted by atomic mass is 10.1. The molecule has 0 aromatic heterocycles. The van der Waals surface area contributed by atoms with Crippen LogP contribution in [0.2, 0.25) is 0 Å². The van der Waals surface area contributed by atoms with E-state index >= 15 is 0 Å². The second kappa shape index (κ2) is 12.5. The van der Waals surface area contributed by atoms with Crippen molar-refractivity contribution in [1.29, 1.82) is 0 Å². The molecule has 0 saturated heterocycles. The summed E-state index contributed by atoms with van der Waals surface area (Å²) in [6.45, 7) is 1.21. The Morgan fingerprint density at radius 2 is 1.14 bits per heavy atom. The number of nitrogens with one attached hydrogen (secondary N) is 2. The van der Waals surface area contributed by atoms with E-state index in [9.17, 15) is 9.59 Å². The number of rotatable bonds is 12. The molecule has 0 aromatic rings. The second-order valence-corrected chi connectivity index (χ2v) is 5.04. The molecular formula is C13H30N6O2. The number of carbonyl (C=O) groups excluding carboxylic acids is 2. The molecule has 0 aliphatic rings. The third kappa shape index (κ3) is 10.2. The molecule has 0 aliphatic heterocycles. The summed E-state index contributed by atoms with van der Waals surface area (Å²) in [7, 11) is 0. The number of nitrogens with two attached hydrogens (primary N) is 4. The first kappa shape index (κ1) is 19.8. The van der Waals surface area contributed by atoms with Crippen molar-refractivity contribution in [3.8, 4) is 0 Å². The first-order valence-corrected chi connectivity index (χ1v) is 7.49. The van der Waals surface area contributed by atoms with Gasteiger partial charge in [-0.25, -0.2) is 0 Å². The lowest BCUT2D eigenvalue weighted by Crippen LogP contribution is -2.48. The Kier molecular flexibility index (Phi) is 11.8. The van der Waals surface area contributed by atoms with Gasteiger partial charge in [-0.15, -0.1) is 0 Å². The summed E-state index contributed by atoms with van der Waals surface area (Å²) in [6, 6.07) is -1.15. The Labute approximate surface area is 126 Å². The van der Waals surface area contributed by atoms with Gasteiger partial charge in [-0.3, -0.25) is 9.59 Å². The lowest BCUT2D eigenvalue weighted by Gasteiger charge is -2.15. The predicted octanol–water partition coefficient (Wildman–Crippen LogP) is -1.91. The van der Waals surface area contributed by atoms with Crippen molar-refractivity contribution in [3.05, 3.63) is 0 Å². The summed E-state index contributed by atoms with van der Waals surface area (Å²) in [5.74, 6) is -0.576. The van der Waals surface area contributed by atoms with E-state index in [0.29, 0.717) is 25.9 Å². The van der Waals surface area contributed by atoms with Crippen molar-refractivity contribution in [1.82, 2.24) is 10.6 Å². The van der Waals surface area contributed by atoms with Gasteiger partial charge in [0.2, 0.25) is 11.8 Å². The molecular weight excluding hydrogens is 272 g/mol. The highest BCUT2D eigenvalue weighted by atomic mass is 16.2. The molecule has 2 atom stereocenters. The average molecular weight is 302 g/mol. The van der Waals surface area contributed by atoms with Crippen molar-refractivity contribution in [2.45, 2.75) is 50.6 Å². The zero-order chi connectivity index (χ0) is 16.1. The highest BCUT2D eigenvalue weighted by Crippen LogP contribution is 1.98. The number of hydrogen-bond donors (Lipinski definition) is 6. The maximum Gasteiger partial charge on any atom is 0.238 e. The largest absolute Gasteiger partial charge is 0.337 e. The second-order valence-electron chi connectivity index (χ2n) is 5.04. The van der Waals surface area contributed by atoms with Gasteiger partial charge in [0.15, 0.2) is 0 Å². The highest BCUT2D eigenvalue weighted by molar-refractivity contribution is 5.83. The van der Waals surface area contributed by atoms with Crippen molar-refractivity contribution in [2.75, 3.05) is 19.8 Å². The highest BCUT2D eigenvalue weighted by Gasteiger charge is 2.15. The predicted molar refractivity (Wildman–Crippen MR) is 82.9 cm³/mol. The smallest absolute Gasteiger partial charge is 0.238 e. The Morgan fingerprint density at radius 3 is 1.48 bits per heavy atom. The molecule has 0 rings (SSSR count). The van der Waals surface area contributed by atoms with Crippen LogP contribution in [0.1, 0.15) is 38.5 Å². The molecule has 2 unspecified atom stereocenters. The van der Waals surface area contributed by atoms with E-state index in [0.717, 1.165) is 25.7 Å². The maximum absolute atomic E-state index is 11.6. The molecule has 0 bridgehead atoms. The Hall–Kier alpha value is -1.22. The van der Waals surface area contributed by atoms with Crippen LogP contribution in [0, 0.1) is 0 Å². The van der Waals surface area contributed by atoms with Gasteiger partial charge >= 0.3 is 0 Å². The van der Waals surface area contributed by atoms with Gasteiger partial charge in [0.05, 0.1) is 18.8 Å². The van der Waals surface area contributed by atoms with Gasteiger partial charge in [-0.1, -0.05) is 12.8 Å². The van der Waals surface area contributed by atoms with Crippen LogP contribution in [-0.2, 0) is 9.59 Å². The van der Waals surface area contributed by atoms with E-state index < -0.39 is 12.1 Å². The molecule has 0 heterocycles. The quantitative estimate of drug-likeness (QED) is 0.182. The summed E-state index contributed by atoms with van der Waals surface area (Å²) >= 11 is 0. The van der Waals surface area contributed by atoms with Gasteiger partial charge in [-0.05, 0) is 38.8 Å². The molecule has 10 N–H and O–H groups in total. The Morgan fingerprint density at radius 1 is 0.762 bits per heavy atom. The molecule has 0 aromatic carbocycles. The van der Waals surface area contributed by atoms with Crippen LogP contribution in [0.3, 0.4) is 0 Å². The van der Waals surface area contributed by atoms with Gasteiger partial charge in [-0.2, -0.15) is 0 Å². The van der Waals surface area contributed by atoms with Crippen molar-refractivity contribution >= 4 is 11.8 Å². The summed E-state index contributed by atoms with van der Waals surface area (Å²) in [6.07, 6.45) is 4.46. The molecule has 0 radical (unpaired) electrons. The SMILES string of the molecule is NCCCCC(N)C(=O)NCNC(=O)C(N)CCCCN. The van der Waals surface area contributed by atoms with Crippen LogP contribution >= 0.6 is 0 Å². The summed E-state index contributed by atoms with van der Waals surface area (Å²) in [5.41, 5.74) is 22.2. The maximum atomic E-state index is 11.6. The van der Waals surface area contributed by atoms with Crippen LogP contribution in [0.4, 0.5) is 0 Å². The van der Waals surface area contributed by atoms with E-state index in [4.69, 9.17) is 22.9 Å². The molecule has 8 heteroatoms. The van der Waals surface area contributed by atoms with E-state index in [1.54, 1.807) is 0 Å². The lowest BCUT2D eigenvalue weighted by molar-refractivity contribution is -0.124. The number of amides is 2. The van der Waals surface area contributed by atoms with Gasteiger partial charge in [0.25, 0.3) is 0 Å². The van der Waals surface area contributed by atoms with Crippen LogP contribution in [0.15, 0.2) is 0 Å². The minimum absolute atomic E-state index is 0.0346. The van der Waals surface area contributed by atoms with Crippen molar-refractivity contribution < 1.29 is 9.59 Å². The molecule has 124 valence electrons. The molecule has 0 saturated carbocycles. The summed E-state index contributed by atoms with van der Waals surface area (Å²) in [4.78, 5) is 23.3. The fourth-order valence-electron chi connectivity index (χ4n) is 1.76. The molecule has 0 spiro atoms. The summed E-state index contributed by atoms with van der Waals surface area (Å²) < 4.78 is 0. The zero-order valence-electron chi connectivity index (χ0n) is 12.6. The van der Waals surface area contributed by atoms with E-state index in [1.807, 2.05) is 0 Å². The van der Waals surface area contributed by atoms with Gasteiger partial charge in [0.1, 0.15) is 0 Å². The molecule has 2 amide bonds.